The van der Waals surface area contributed by atoms with Crippen LogP contribution in [-0.2, 0) is 14.3 Å². The molecule has 0 aliphatic carbocycles. The maximum Gasteiger partial charge on any atom is 0.387 e. The van der Waals surface area contributed by atoms with Crippen LogP contribution in [0.25, 0.3) is 0 Å². The molecule has 10 heteroatoms. The van der Waals surface area contributed by atoms with Gasteiger partial charge in [-0.25, -0.2) is 0 Å². The van der Waals surface area contributed by atoms with Crippen LogP contribution in [-0.4, -0.2) is 49.8 Å². The molecule has 2 saturated heterocycles. The topological polar surface area (TPSA) is 93.9 Å². The SMILES string of the molecule is Cl.NC1(C(=O)NC2CCCN(c3ccc(OC(F)F)cc3)C2=O)CCOCC1. The van der Waals surface area contributed by atoms with Crippen LogP contribution in [0.3, 0.4) is 0 Å². The molecule has 2 amide bonds. The number of nitrogens with two attached hydrogens (primary N) is 1. The second kappa shape index (κ2) is 9.49. The predicted octanol–water partition coefficient (Wildman–Crippen LogP) is 1.83. The Morgan fingerprint density at radius 2 is 1.93 bits per heavy atom. The first-order chi connectivity index (χ1) is 12.9. The predicted molar refractivity (Wildman–Crippen MR) is 101 cm³/mol. The molecule has 1 unspecified atom stereocenters. The number of rotatable bonds is 5. The van der Waals surface area contributed by atoms with E-state index in [1.165, 1.54) is 17.0 Å². The van der Waals surface area contributed by atoms with Crippen molar-refractivity contribution in [1.29, 1.82) is 0 Å². The minimum Gasteiger partial charge on any atom is -0.435 e. The molecule has 1 aromatic rings. The molecule has 7 nitrogen and oxygen atoms in total. The van der Waals surface area contributed by atoms with Gasteiger partial charge in [0, 0.05) is 25.4 Å². The first-order valence-corrected chi connectivity index (χ1v) is 8.93. The molecule has 1 atom stereocenters. The number of piperidine rings is 1. The summed E-state index contributed by atoms with van der Waals surface area (Å²) in [5.41, 5.74) is 5.72. The summed E-state index contributed by atoms with van der Waals surface area (Å²) in [5.74, 6) is -0.563. The summed E-state index contributed by atoms with van der Waals surface area (Å²) in [6.07, 6.45) is 2.05. The Morgan fingerprint density at radius 3 is 2.54 bits per heavy atom. The Bertz CT molecular complexity index is 684. The standard InChI is InChI=1S/C18H23F2N3O4.ClH/c19-17(20)27-13-5-3-12(4-6-13)23-9-1-2-14(15(23)24)22-16(25)18(21)7-10-26-11-8-18;/h3-6,14,17H,1-2,7-11,21H2,(H,22,25);1H. The average molecular weight is 420 g/mol. The van der Waals surface area contributed by atoms with E-state index in [9.17, 15) is 18.4 Å². The lowest BCUT2D eigenvalue weighted by Crippen LogP contribution is -2.62. The van der Waals surface area contributed by atoms with E-state index in [0.29, 0.717) is 51.1 Å². The van der Waals surface area contributed by atoms with Gasteiger partial charge in [-0.05, 0) is 49.9 Å². The van der Waals surface area contributed by atoms with Crippen molar-refractivity contribution >= 4 is 29.9 Å². The smallest absolute Gasteiger partial charge is 0.387 e. The molecule has 156 valence electrons. The van der Waals surface area contributed by atoms with E-state index in [0.717, 1.165) is 0 Å². The van der Waals surface area contributed by atoms with Gasteiger partial charge >= 0.3 is 6.61 Å². The third-order valence-corrected chi connectivity index (χ3v) is 4.95. The van der Waals surface area contributed by atoms with E-state index in [1.807, 2.05) is 0 Å². The Morgan fingerprint density at radius 1 is 1.29 bits per heavy atom. The van der Waals surface area contributed by atoms with E-state index in [-0.39, 0.29) is 30.0 Å². The van der Waals surface area contributed by atoms with E-state index in [1.54, 1.807) is 12.1 Å². The number of amides is 2. The largest absolute Gasteiger partial charge is 0.435 e. The highest BCUT2D eigenvalue weighted by molar-refractivity contribution is 6.01. The van der Waals surface area contributed by atoms with Crippen molar-refractivity contribution in [3.63, 3.8) is 0 Å². The van der Waals surface area contributed by atoms with Crippen LogP contribution in [0.5, 0.6) is 5.75 Å². The van der Waals surface area contributed by atoms with E-state index < -0.39 is 18.2 Å². The Hall–Kier alpha value is -1.97. The second-order valence-corrected chi connectivity index (χ2v) is 6.80. The highest BCUT2D eigenvalue weighted by atomic mass is 35.5. The van der Waals surface area contributed by atoms with Crippen LogP contribution in [0.4, 0.5) is 14.5 Å². The molecule has 2 fully saturated rings. The van der Waals surface area contributed by atoms with Crippen molar-refractivity contribution in [1.82, 2.24) is 5.32 Å². The zero-order valence-corrected chi connectivity index (χ0v) is 16.1. The lowest BCUT2D eigenvalue weighted by atomic mass is 9.89. The number of nitrogens with one attached hydrogen (secondary N) is 1. The van der Waals surface area contributed by atoms with Gasteiger partial charge in [0.15, 0.2) is 0 Å². The fourth-order valence-electron chi connectivity index (χ4n) is 3.34. The molecule has 0 radical (unpaired) electrons. The summed E-state index contributed by atoms with van der Waals surface area (Å²) in [7, 11) is 0. The fourth-order valence-corrected chi connectivity index (χ4v) is 3.34. The minimum atomic E-state index is -2.90. The van der Waals surface area contributed by atoms with Gasteiger partial charge in [0.25, 0.3) is 0 Å². The van der Waals surface area contributed by atoms with Gasteiger partial charge in [-0.2, -0.15) is 8.78 Å². The molecule has 3 rings (SSSR count). The van der Waals surface area contributed by atoms with Gasteiger partial charge in [0.05, 0.1) is 5.54 Å². The summed E-state index contributed by atoms with van der Waals surface area (Å²) in [4.78, 5) is 26.9. The zero-order valence-electron chi connectivity index (χ0n) is 15.2. The minimum absolute atomic E-state index is 0. The number of carbonyl (C=O) groups is 2. The van der Waals surface area contributed by atoms with Crippen molar-refractivity contribution in [3.8, 4) is 5.75 Å². The molecule has 0 saturated carbocycles. The summed E-state index contributed by atoms with van der Waals surface area (Å²) in [5, 5.41) is 2.78. The summed E-state index contributed by atoms with van der Waals surface area (Å²) in [6.45, 7) is -1.58. The summed E-state index contributed by atoms with van der Waals surface area (Å²) in [6, 6.07) is 5.19. The van der Waals surface area contributed by atoms with Gasteiger partial charge in [-0.1, -0.05) is 0 Å². The number of halogens is 3. The Balaban J connectivity index is 0.00000280. The maximum absolute atomic E-state index is 12.8. The van der Waals surface area contributed by atoms with Gasteiger partial charge < -0.3 is 25.4 Å². The first kappa shape index (κ1) is 22.3. The Labute approximate surface area is 167 Å². The number of hydrogen-bond donors (Lipinski definition) is 2. The molecule has 2 aliphatic heterocycles. The molecule has 3 N–H and O–H groups in total. The molecule has 0 aromatic heterocycles. The molecular weight excluding hydrogens is 396 g/mol. The van der Waals surface area contributed by atoms with Crippen molar-refractivity contribution in [2.75, 3.05) is 24.7 Å². The van der Waals surface area contributed by atoms with Gasteiger partial charge in [0.2, 0.25) is 11.8 Å². The molecule has 1 aromatic carbocycles. The third kappa shape index (κ3) is 5.09. The zero-order chi connectivity index (χ0) is 19.4. The van der Waals surface area contributed by atoms with Crippen molar-refractivity contribution in [2.45, 2.75) is 43.9 Å². The van der Waals surface area contributed by atoms with E-state index in [2.05, 4.69) is 10.1 Å². The van der Waals surface area contributed by atoms with Crippen LogP contribution < -0.4 is 20.7 Å². The van der Waals surface area contributed by atoms with Crippen LogP contribution in [0.2, 0.25) is 0 Å². The second-order valence-electron chi connectivity index (χ2n) is 6.80. The lowest BCUT2D eigenvalue weighted by Gasteiger charge is -2.36. The summed E-state index contributed by atoms with van der Waals surface area (Å²) >= 11 is 0. The number of nitrogens with zero attached hydrogens (tertiary/aromatic N) is 1. The fraction of sp³-hybridized carbons (Fsp3) is 0.556. The van der Waals surface area contributed by atoms with E-state index >= 15 is 0 Å². The number of ether oxygens (including phenoxy) is 2. The number of anilines is 1. The molecular formula is C18H24ClF2N3O4. The molecule has 0 spiro atoms. The van der Waals surface area contributed by atoms with Crippen molar-refractivity contribution in [3.05, 3.63) is 24.3 Å². The van der Waals surface area contributed by atoms with Gasteiger partial charge in [-0.3, -0.25) is 9.59 Å². The molecule has 2 aliphatic rings. The number of alkyl halides is 2. The number of carbonyl (C=O) groups excluding carboxylic acids is 2. The quantitative estimate of drug-likeness (QED) is 0.759. The maximum atomic E-state index is 12.8. The van der Waals surface area contributed by atoms with Crippen LogP contribution in [0.1, 0.15) is 25.7 Å². The Kier molecular flexibility index (Phi) is 7.56. The number of benzene rings is 1. The number of hydrogen-bond acceptors (Lipinski definition) is 5. The molecule has 0 bridgehead atoms. The van der Waals surface area contributed by atoms with Crippen molar-refractivity contribution < 1.29 is 27.8 Å². The van der Waals surface area contributed by atoms with E-state index in [4.69, 9.17) is 10.5 Å². The molecule has 28 heavy (non-hydrogen) atoms. The third-order valence-electron chi connectivity index (χ3n) is 4.95. The van der Waals surface area contributed by atoms with Crippen LogP contribution >= 0.6 is 12.4 Å². The highest BCUT2D eigenvalue weighted by Crippen LogP contribution is 2.25. The normalized spacial score (nSPS) is 21.8. The van der Waals surface area contributed by atoms with Gasteiger partial charge in [0.1, 0.15) is 11.8 Å². The van der Waals surface area contributed by atoms with Gasteiger partial charge in [-0.15, -0.1) is 12.4 Å². The lowest BCUT2D eigenvalue weighted by molar-refractivity contribution is -0.134. The van der Waals surface area contributed by atoms with Crippen LogP contribution in [0.15, 0.2) is 24.3 Å². The monoisotopic (exact) mass is 419 g/mol. The van der Waals surface area contributed by atoms with Crippen molar-refractivity contribution in [2.24, 2.45) is 5.73 Å². The van der Waals surface area contributed by atoms with Crippen LogP contribution in [0, 0.1) is 0 Å². The molecule has 2 heterocycles. The first-order valence-electron chi connectivity index (χ1n) is 8.93. The summed E-state index contributed by atoms with van der Waals surface area (Å²) < 4.78 is 34.1. The average Bonchev–Trinajstić information content (AvgIpc) is 2.64. The highest BCUT2D eigenvalue weighted by Gasteiger charge is 2.39.